The molecule has 1 aromatic carbocycles. The molecule has 6 heteroatoms. The molecule has 0 spiro atoms. The highest BCUT2D eigenvalue weighted by atomic mass is 32.1. The first-order valence-electron chi connectivity index (χ1n) is 9.51. The van der Waals surface area contributed by atoms with Crippen molar-refractivity contribution in [3.05, 3.63) is 52.2 Å². The standard InChI is InChI=1S/C21H28N4OS/c1-24(10-3-9-22)19-7-5-18(6-8-19)16-23-17-20(21-4-2-15-27-21)25-11-13-26-14-12-25/h2,4-8,15,20,23H,3,10-14,16-17H2,1H3/t20-/m1/s1. The molecule has 1 aliphatic rings. The number of nitriles is 1. The normalized spacial score (nSPS) is 16.0. The molecule has 2 aromatic rings. The quantitative estimate of drug-likeness (QED) is 0.719. The van der Waals surface area contributed by atoms with Gasteiger partial charge in [-0.3, -0.25) is 4.90 Å². The predicted octanol–water partition coefficient (Wildman–Crippen LogP) is 3.26. The Balaban J connectivity index is 1.53. The van der Waals surface area contributed by atoms with Crippen LogP contribution < -0.4 is 10.2 Å². The summed E-state index contributed by atoms with van der Waals surface area (Å²) in [5.74, 6) is 0. The first kappa shape index (κ1) is 19.8. The molecule has 0 unspecified atom stereocenters. The first-order chi connectivity index (χ1) is 13.3. The van der Waals surface area contributed by atoms with Gasteiger partial charge in [0.25, 0.3) is 0 Å². The zero-order valence-electron chi connectivity index (χ0n) is 15.9. The van der Waals surface area contributed by atoms with Gasteiger partial charge in [0.05, 0.1) is 31.7 Å². The number of hydrogen-bond donors (Lipinski definition) is 1. The number of anilines is 1. The van der Waals surface area contributed by atoms with E-state index in [9.17, 15) is 0 Å². The smallest absolute Gasteiger partial charge is 0.0640 e. The van der Waals surface area contributed by atoms with Crippen LogP contribution in [0, 0.1) is 11.3 Å². The number of morpholine rings is 1. The molecule has 1 fully saturated rings. The van der Waals surface area contributed by atoms with Crippen molar-refractivity contribution < 1.29 is 4.74 Å². The third-order valence-corrected chi connectivity index (χ3v) is 5.93. The molecule has 3 rings (SSSR count). The van der Waals surface area contributed by atoms with Gasteiger partial charge in [0.1, 0.15) is 0 Å². The lowest BCUT2D eigenvalue weighted by atomic mass is 10.1. The second-order valence-corrected chi connectivity index (χ2v) is 7.79. The third-order valence-electron chi connectivity index (χ3n) is 4.96. The average Bonchev–Trinajstić information content (AvgIpc) is 3.25. The summed E-state index contributed by atoms with van der Waals surface area (Å²) in [4.78, 5) is 6.06. The highest BCUT2D eigenvalue weighted by molar-refractivity contribution is 7.10. The van der Waals surface area contributed by atoms with Crippen LogP contribution in [0.4, 0.5) is 5.69 Å². The van der Waals surface area contributed by atoms with E-state index in [-0.39, 0.29) is 0 Å². The molecular formula is C21H28N4OS. The number of benzene rings is 1. The Morgan fingerprint density at radius 3 is 2.70 bits per heavy atom. The average molecular weight is 385 g/mol. The number of nitrogens with one attached hydrogen (secondary N) is 1. The van der Waals surface area contributed by atoms with E-state index in [1.807, 2.05) is 18.4 Å². The summed E-state index contributed by atoms with van der Waals surface area (Å²) < 4.78 is 5.52. The minimum Gasteiger partial charge on any atom is -0.379 e. The number of rotatable bonds is 9. The van der Waals surface area contributed by atoms with Crippen molar-refractivity contribution in [2.24, 2.45) is 0 Å². The monoisotopic (exact) mass is 384 g/mol. The molecule has 27 heavy (non-hydrogen) atoms. The van der Waals surface area contributed by atoms with Gasteiger partial charge in [-0.25, -0.2) is 0 Å². The van der Waals surface area contributed by atoms with Gasteiger partial charge in [-0.15, -0.1) is 11.3 Å². The lowest BCUT2D eigenvalue weighted by Crippen LogP contribution is -2.42. The maximum atomic E-state index is 8.72. The van der Waals surface area contributed by atoms with Crippen molar-refractivity contribution in [3.8, 4) is 6.07 Å². The van der Waals surface area contributed by atoms with Crippen LogP contribution in [0.5, 0.6) is 0 Å². The van der Waals surface area contributed by atoms with Crippen LogP contribution in [0.2, 0.25) is 0 Å². The summed E-state index contributed by atoms with van der Waals surface area (Å²) in [5, 5.41) is 14.5. The van der Waals surface area contributed by atoms with Crippen LogP contribution in [0.3, 0.4) is 0 Å². The van der Waals surface area contributed by atoms with E-state index in [1.54, 1.807) is 0 Å². The Labute approximate surface area is 166 Å². The molecule has 1 aromatic heterocycles. The van der Waals surface area contributed by atoms with Crippen LogP contribution in [0.15, 0.2) is 41.8 Å². The molecule has 0 saturated carbocycles. The molecule has 1 aliphatic heterocycles. The summed E-state index contributed by atoms with van der Waals surface area (Å²) in [6.07, 6.45) is 0.547. The molecule has 1 N–H and O–H groups in total. The van der Waals surface area contributed by atoms with Crippen molar-refractivity contribution in [1.82, 2.24) is 10.2 Å². The Morgan fingerprint density at radius 2 is 2.04 bits per heavy atom. The Hall–Kier alpha value is -1.91. The second kappa shape index (κ2) is 10.4. The second-order valence-electron chi connectivity index (χ2n) is 6.81. The fourth-order valence-corrected chi connectivity index (χ4v) is 4.21. The van der Waals surface area contributed by atoms with E-state index in [1.165, 1.54) is 10.4 Å². The van der Waals surface area contributed by atoms with Crippen molar-refractivity contribution in [2.75, 3.05) is 51.3 Å². The maximum absolute atomic E-state index is 8.72. The molecule has 0 radical (unpaired) electrons. The Kier molecular flexibility index (Phi) is 7.66. The van der Waals surface area contributed by atoms with E-state index < -0.39 is 0 Å². The van der Waals surface area contributed by atoms with Crippen molar-refractivity contribution in [1.29, 1.82) is 5.26 Å². The van der Waals surface area contributed by atoms with Crippen molar-refractivity contribution >= 4 is 17.0 Å². The summed E-state index contributed by atoms with van der Waals surface area (Å²) in [6, 6.07) is 15.6. The van der Waals surface area contributed by atoms with Gasteiger partial charge < -0.3 is 15.0 Å². The summed E-state index contributed by atoms with van der Waals surface area (Å²) in [5.41, 5.74) is 2.43. The van der Waals surface area contributed by atoms with Crippen LogP contribution in [-0.4, -0.2) is 51.3 Å². The molecule has 0 aliphatic carbocycles. The summed E-state index contributed by atoms with van der Waals surface area (Å²) in [6.45, 7) is 6.18. The molecule has 144 valence electrons. The molecule has 0 bridgehead atoms. The van der Waals surface area contributed by atoms with Gasteiger partial charge in [-0.1, -0.05) is 18.2 Å². The van der Waals surface area contributed by atoms with Gasteiger partial charge in [-0.05, 0) is 29.1 Å². The minimum absolute atomic E-state index is 0.408. The van der Waals surface area contributed by atoms with Gasteiger partial charge in [0, 0.05) is 50.3 Å². The van der Waals surface area contributed by atoms with Crippen LogP contribution in [0.1, 0.15) is 22.9 Å². The van der Waals surface area contributed by atoms with Gasteiger partial charge >= 0.3 is 0 Å². The van der Waals surface area contributed by atoms with Crippen LogP contribution >= 0.6 is 11.3 Å². The van der Waals surface area contributed by atoms with E-state index in [0.29, 0.717) is 12.5 Å². The fourth-order valence-electron chi connectivity index (χ4n) is 3.35. The summed E-state index contributed by atoms with van der Waals surface area (Å²) in [7, 11) is 2.03. The predicted molar refractivity (Wildman–Crippen MR) is 111 cm³/mol. The van der Waals surface area contributed by atoms with Crippen molar-refractivity contribution in [2.45, 2.75) is 19.0 Å². The number of hydrogen-bond acceptors (Lipinski definition) is 6. The third kappa shape index (κ3) is 5.78. The zero-order valence-corrected chi connectivity index (χ0v) is 16.8. The largest absolute Gasteiger partial charge is 0.379 e. The van der Waals surface area contributed by atoms with Gasteiger partial charge in [0.2, 0.25) is 0 Å². The van der Waals surface area contributed by atoms with E-state index in [2.05, 4.69) is 63.0 Å². The van der Waals surface area contributed by atoms with E-state index in [0.717, 1.165) is 51.6 Å². The lowest BCUT2D eigenvalue weighted by Gasteiger charge is -2.34. The van der Waals surface area contributed by atoms with Crippen LogP contribution in [0.25, 0.3) is 0 Å². The number of ether oxygens (including phenoxy) is 1. The first-order valence-corrected chi connectivity index (χ1v) is 10.4. The van der Waals surface area contributed by atoms with Crippen molar-refractivity contribution in [3.63, 3.8) is 0 Å². The Bertz CT molecular complexity index is 705. The minimum atomic E-state index is 0.408. The lowest BCUT2D eigenvalue weighted by molar-refractivity contribution is 0.0168. The topological polar surface area (TPSA) is 51.5 Å². The van der Waals surface area contributed by atoms with Crippen LogP contribution in [-0.2, 0) is 11.3 Å². The Morgan fingerprint density at radius 1 is 1.26 bits per heavy atom. The highest BCUT2D eigenvalue weighted by Crippen LogP contribution is 2.25. The number of thiophene rings is 1. The van der Waals surface area contributed by atoms with E-state index in [4.69, 9.17) is 10.00 Å². The molecular weight excluding hydrogens is 356 g/mol. The highest BCUT2D eigenvalue weighted by Gasteiger charge is 2.22. The molecule has 1 saturated heterocycles. The fraction of sp³-hybridized carbons (Fsp3) is 0.476. The maximum Gasteiger partial charge on any atom is 0.0640 e. The SMILES string of the molecule is CN(CCC#N)c1ccc(CNC[C@H](c2cccs2)N2CCOCC2)cc1. The van der Waals surface area contributed by atoms with Gasteiger partial charge in [0.15, 0.2) is 0 Å². The van der Waals surface area contributed by atoms with E-state index >= 15 is 0 Å². The van der Waals surface area contributed by atoms with Gasteiger partial charge in [-0.2, -0.15) is 5.26 Å². The summed E-state index contributed by atoms with van der Waals surface area (Å²) >= 11 is 1.83. The molecule has 0 amide bonds. The molecule has 1 atom stereocenters. The molecule has 5 nitrogen and oxygen atoms in total. The molecule has 2 heterocycles. The zero-order chi connectivity index (χ0) is 18.9. The number of nitrogens with zero attached hydrogens (tertiary/aromatic N) is 3.